The van der Waals surface area contributed by atoms with Crippen molar-refractivity contribution in [3.05, 3.63) is 145 Å². The molecule has 0 aromatic heterocycles. The van der Waals surface area contributed by atoms with Gasteiger partial charge in [-0.3, -0.25) is 0 Å². The minimum Gasteiger partial charge on any atom is -0.497 e. The first kappa shape index (κ1) is 31.3. The average molecular weight is 653 g/mol. The van der Waals surface area contributed by atoms with Gasteiger partial charge in [0.05, 0.1) is 36.1 Å². The molecule has 2 N–H and O–H groups in total. The third-order valence-electron chi connectivity index (χ3n) is 7.90. The molecule has 0 bridgehead atoms. The van der Waals surface area contributed by atoms with Crippen LogP contribution in [0.4, 0.5) is 0 Å². The van der Waals surface area contributed by atoms with Crippen molar-refractivity contribution in [2.75, 3.05) is 14.2 Å². The molecule has 0 heterocycles. The van der Waals surface area contributed by atoms with E-state index in [2.05, 4.69) is 9.44 Å². The molecule has 0 saturated carbocycles. The molecular weight excluding hydrogens is 621 g/mol. The number of rotatable bonds is 11. The van der Waals surface area contributed by atoms with Crippen LogP contribution in [-0.4, -0.2) is 31.1 Å². The lowest BCUT2D eigenvalue weighted by molar-refractivity contribution is 0.414. The monoisotopic (exact) mass is 652 g/mol. The van der Waals surface area contributed by atoms with Crippen molar-refractivity contribution in [3.8, 4) is 11.5 Å². The highest BCUT2D eigenvalue weighted by molar-refractivity contribution is 7.90. The zero-order valence-corrected chi connectivity index (χ0v) is 26.8. The molecule has 6 aromatic rings. The van der Waals surface area contributed by atoms with Gasteiger partial charge in [0.1, 0.15) is 11.5 Å². The number of fused-ring (bicyclic) bond motifs is 2. The Labute approximate surface area is 268 Å². The predicted molar refractivity (Wildman–Crippen MR) is 180 cm³/mol. The fraction of sp³-hybridized carbons (Fsp3) is 0.111. The number of nitrogens with one attached hydrogen (secondary N) is 2. The van der Waals surface area contributed by atoms with E-state index in [1.807, 2.05) is 84.9 Å². The van der Waals surface area contributed by atoms with E-state index in [1.54, 1.807) is 24.3 Å². The summed E-state index contributed by atoms with van der Waals surface area (Å²) in [7, 11) is -5.33. The molecule has 6 aromatic carbocycles. The van der Waals surface area contributed by atoms with Crippen molar-refractivity contribution in [3.63, 3.8) is 0 Å². The van der Waals surface area contributed by atoms with Gasteiger partial charge in [-0.05, 0) is 93.3 Å². The lowest BCUT2D eigenvalue weighted by Gasteiger charge is -2.30. The van der Waals surface area contributed by atoms with Gasteiger partial charge in [-0.15, -0.1) is 0 Å². The second kappa shape index (κ2) is 12.9. The third kappa shape index (κ3) is 6.61. The van der Waals surface area contributed by atoms with Crippen molar-refractivity contribution < 1.29 is 26.3 Å². The molecule has 8 nitrogen and oxygen atoms in total. The van der Waals surface area contributed by atoms with Crippen molar-refractivity contribution in [1.29, 1.82) is 0 Å². The first-order valence-corrected chi connectivity index (χ1v) is 17.4. The predicted octanol–water partition coefficient (Wildman–Crippen LogP) is 6.75. The van der Waals surface area contributed by atoms with Crippen LogP contribution in [0.3, 0.4) is 0 Å². The Kier molecular flexibility index (Phi) is 8.79. The van der Waals surface area contributed by atoms with Crippen LogP contribution in [0.5, 0.6) is 11.5 Å². The topological polar surface area (TPSA) is 111 Å². The summed E-state index contributed by atoms with van der Waals surface area (Å²) in [5.41, 5.74) is 1.15. The van der Waals surface area contributed by atoms with Gasteiger partial charge in [0, 0.05) is 0 Å². The van der Waals surface area contributed by atoms with Crippen LogP contribution in [0.25, 0.3) is 21.5 Å². The second-order valence-electron chi connectivity index (χ2n) is 10.8. The standard InChI is InChI=1S/C36H32N2O6S2/c1-43-31-15-19-33(20-16-31)45(39,40)37-35(29-13-11-25-7-3-5-9-27(25)23-29)36(30-14-12-26-8-4-6-10-28(26)24-30)38-46(41,42)34-21-17-32(44-2)18-22-34/h3-24,35-38H,1-2H3/t35-,36+. The van der Waals surface area contributed by atoms with E-state index in [0.717, 1.165) is 21.5 Å². The fourth-order valence-corrected chi connectivity index (χ4v) is 7.91. The van der Waals surface area contributed by atoms with E-state index in [1.165, 1.54) is 38.5 Å². The Morgan fingerprint density at radius 2 is 0.804 bits per heavy atom. The first-order chi connectivity index (χ1) is 22.2. The van der Waals surface area contributed by atoms with Crippen LogP contribution >= 0.6 is 0 Å². The molecule has 6 rings (SSSR count). The molecule has 0 unspecified atom stereocenters. The van der Waals surface area contributed by atoms with Gasteiger partial charge in [-0.1, -0.05) is 72.8 Å². The molecule has 234 valence electrons. The summed E-state index contributed by atoms with van der Waals surface area (Å²) in [6.07, 6.45) is 0. The van der Waals surface area contributed by atoms with E-state index in [0.29, 0.717) is 22.6 Å². The number of hydrogen-bond acceptors (Lipinski definition) is 6. The van der Waals surface area contributed by atoms with E-state index in [4.69, 9.17) is 9.47 Å². The van der Waals surface area contributed by atoms with Gasteiger partial charge in [0.25, 0.3) is 0 Å². The Hall–Kier alpha value is -4.74. The van der Waals surface area contributed by atoms with Crippen LogP contribution in [0.15, 0.2) is 143 Å². The largest absolute Gasteiger partial charge is 0.497 e. The van der Waals surface area contributed by atoms with Crippen LogP contribution in [0.2, 0.25) is 0 Å². The zero-order valence-electron chi connectivity index (χ0n) is 25.1. The molecule has 10 heteroatoms. The zero-order chi connectivity index (χ0) is 32.3. The van der Waals surface area contributed by atoms with Gasteiger partial charge in [-0.2, -0.15) is 0 Å². The Balaban J connectivity index is 1.53. The van der Waals surface area contributed by atoms with E-state index in [9.17, 15) is 16.8 Å². The minimum absolute atomic E-state index is 0.00867. The minimum atomic E-state index is -4.17. The summed E-state index contributed by atoms with van der Waals surface area (Å²) >= 11 is 0. The van der Waals surface area contributed by atoms with E-state index < -0.39 is 32.1 Å². The maximum absolute atomic E-state index is 14.0. The van der Waals surface area contributed by atoms with Crippen LogP contribution in [-0.2, 0) is 20.0 Å². The smallest absolute Gasteiger partial charge is 0.241 e. The molecule has 0 aliphatic carbocycles. The summed E-state index contributed by atoms with van der Waals surface area (Å²) in [5, 5.41) is 3.68. The molecular formula is C36H32N2O6S2. The number of ether oxygens (including phenoxy) is 2. The fourth-order valence-electron chi connectivity index (χ4n) is 5.44. The third-order valence-corrected chi connectivity index (χ3v) is 10.8. The molecule has 0 fully saturated rings. The van der Waals surface area contributed by atoms with Crippen LogP contribution in [0, 0.1) is 0 Å². The lowest BCUT2D eigenvalue weighted by Crippen LogP contribution is -2.40. The summed E-state index contributed by atoms with van der Waals surface area (Å²) in [4.78, 5) is 0.0173. The van der Waals surface area contributed by atoms with Crippen molar-refractivity contribution in [2.24, 2.45) is 0 Å². The van der Waals surface area contributed by atoms with E-state index in [-0.39, 0.29) is 9.79 Å². The number of sulfonamides is 2. The molecule has 0 aliphatic rings. The summed E-state index contributed by atoms with van der Waals surface area (Å²) < 4.78 is 72.1. The van der Waals surface area contributed by atoms with Gasteiger partial charge < -0.3 is 9.47 Å². The summed E-state index contributed by atoms with van der Waals surface area (Å²) in [5.74, 6) is 1.01. The van der Waals surface area contributed by atoms with Crippen LogP contribution < -0.4 is 18.9 Å². The van der Waals surface area contributed by atoms with Crippen LogP contribution in [0.1, 0.15) is 23.2 Å². The van der Waals surface area contributed by atoms with Crippen molar-refractivity contribution >= 4 is 41.6 Å². The molecule has 0 amide bonds. The highest BCUT2D eigenvalue weighted by Crippen LogP contribution is 2.35. The molecule has 0 aliphatic heterocycles. The maximum atomic E-state index is 14.0. The number of hydrogen-bond donors (Lipinski definition) is 2. The molecule has 0 spiro atoms. The first-order valence-electron chi connectivity index (χ1n) is 14.5. The summed E-state index contributed by atoms with van der Waals surface area (Å²) in [6, 6.07) is 36.5. The molecule has 46 heavy (non-hydrogen) atoms. The van der Waals surface area contributed by atoms with Crippen molar-refractivity contribution in [1.82, 2.24) is 9.44 Å². The van der Waals surface area contributed by atoms with Gasteiger partial charge in [0.2, 0.25) is 20.0 Å². The molecule has 2 atom stereocenters. The number of methoxy groups -OCH3 is 2. The summed E-state index contributed by atoms with van der Waals surface area (Å²) in [6.45, 7) is 0. The SMILES string of the molecule is COc1ccc(S(=O)(=O)N[C@H](c2ccc3ccccc3c2)[C@@H](NS(=O)(=O)c2ccc(OC)cc2)c2ccc3ccccc3c2)cc1. The van der Waals surface area contributed by atoms with Gasteiger partial charge >= 0.3 is 0 Å². The Morgan fingerprint density at radius 3 is 1.15 bits per heavy atom. The highest BCUT2D eigenvalue weighted by atomic mass is 32.2. The van der Waals surface area contributed by atoms with Gasteiger partial charge in [-0.25, -0.2) is 26.3 Å². The Morgan fingerprint density at radius 1 is 0.457 bits per heavy atom. The normalized spacial score (nSPS) is 13.3. The van der Waals surface area contributed by atoms with Gasteiger partial charge in [0.15, 0.2) is 0 Å². The number of benzene rings is 6. The average Bonchev–Trinajstić information content (AvgIpc) is 3.09. The molecule has 0 radical (unpaired) electrons. The van der Waals surface area contributed by atoms with E-state index >= 15 is 0 Å². The Bertz CT molecular complexity index is 2060. The quantitative estimate of drug-likeness (QED) is 0.160. The highest BCUT2D eigenvalue weighted by Gasteiger charge is 2.34. The van der Waals surface area contributed by atoms with Crippen molar-refractivity contribution in [2.45, 2.75) is 21.9 Å². The molecule has 0 saturated heterocycles. The second-order valence-corrected chi connectivity index (χ2v) is 14.2. The lowest BCUT2D eigenvalue weighted by atomic mass is 9.92. The maximum Gasteiger partial charge on any atom is 0.241 e.